The van der Waals surface area contributed by atoms with Crippen molar-refractivity contribution in [3.05, 3.63) is 59.9 Å². The summed E-state index contributed by atoms with van der Waals surface area (Å²) in [5.74, 6) is -1.51. The number of rotatable bonds is 6. The Balaban J connectivity index is 1.58. The van der Waals surface area contributed by atoms with Crippen LogP contribution in [-0.4, -0.2) is 46.7 Å². The van der Waals surface area contributed by atoms with Crippen LogP contribution >= 0.6 is 0 Å². The Labute approximate surface area is 173 Å². The monoisotopic (exact) mass is 407 g/mol. The molecule has 0 N–H and O–H groups in total. The lowest BCUT2D eigenvalue weighted by molar-refractivity contribution is -0.140. The van der Waals surface area contributed by atoms with Crippen molar-refractivity contribution < 1.29 is 23.9 Å². The van der Waals surface area contributed by atoms with E-state index in [1.54, 1.807) is 18.5 Å². The molecule has 8 heteroatoms. The second-order valence-electron chi connectivity index (χ2n) is 7.43. The first-order chi connectivity index (χ1) is 14.5. The SMILES string of the molecule is COC(=O)c1ccc(N2C(=O)CC(N(Cc3cccnc3)C(=O)C3CC3)C2=O)cc1. The van der Waals surface area contributed by atoms with Gasteiger partial charge in [-0.05, 0) is 48.7 Å². The molecule has 1 saturated heterocycles. The van der Waals surface area contributed by atoms with Crippen molar-refractivity contribution in [3.8, 4) is 0 Å². The van der Waals surface area contributed by atoms with Gasteiger partial charge in [-0.1, -0.05) is 6.07 Å². The summed E-state index contributed by atoms with van der Waals surface area (Å²) in [7, 11) is 1.28. The molecule has 4 rings (SSSR count). The molecular weight excluding hydrogens is 386 g/mol. The number of imide groups is 1. The zero-order valence-electron chi connectivity index (χ0n) is 16.5. The smallest absolute Gasteiger partial charge is 0.337 e. The Hall–Kier alpha value is -3.55. The van der Waals surface area contributed by atoms with Gasteiger partial charge in [0.05, 0.1) is 24.8 Å². The number of carbonyl (C=O) groups excluding carboxylic acids is 4. The molecule has 2 heterocycles. The number of esters is 1. The van der Waals surface area contributed by atoms with Crippen molar-refractivity contribution in [2.45, 2.75) is 31.8 Å². The molecule has 1 aromatic heterocycles. The second-order valence-corrected chi connectivity index (χ2v) is 7.43. The Bertz CT molecular complexity index is 986. The normalized spacial score (nSPS) is 18.4. The van der Waals surface area contributed by atoms with Crippen LogP contribution in [0.3, 0.4) is 0 Å². The van der Waals surface area contributed by atoms with Crippen LogP contribution in [0, 0.1) is 5.92 Å². The van der Waals surface area contributed by atoms with E-state index in [9.17, 15) is 19.2 Å². The van der Waals surface area contributed by atoms with Crippen LogP contribution in [0.2, 0.25) is 0 Å². The summed E-state index contributed by atoms with van der Waals surface area (Å²) in [5, 5.41) is 0. The zero-order valence-corrected chi connectivity index (χ0v) is 16.5. The summed E-state index contributed by atoms with van der Waals surface area (Å²) in [5.41, 5.74) is 1.48. The molecule has 30 heavy (non-hydrogen) atoms. The van der Waals surface area contributed by atoms with Gasteiger partial charge in [-0.3, -0.25) is 19.4 Å². The summed E-state index contributed by atoms with van der Waals surface area (Å²) < 4.78 is 4.67. The molecule has 2 aliphatic rings. The summed E-state index contributed by atoms with van der Waals surface area (Å²) in [4.78, 5) is 57.1. The third-order valence-corrected chi connectivity index (χ3v) is 5.33. The zero-order chi connectivity index (χ0) is 21.3. The number of methoxy groups -OCH3 is 1. The van der Waals surface area contributed by atoms with E-state index >= 15 is 0 Å². The van der Waals surface area contributed by atoms with Crippen molar-refractivity contribution in [1.29, 1.82) is 0 Å². The molecule has 2 aromatic rings. The number of amides is 3. The summed E-state index contributed by atoms with van der Waals surface area (Å²) in [6.07, 6.45) is 4.82. The first-order valence-electron chi connectivity index (χ1n) is 9.74. The minimum absolute atomic E-state index is 0.0731. The number of pyridine rings is 1. The number of aromatic nitrogens is 1. The van der Waals surface area contributed by atoms with Gasteiger partial charge in [-0.15, -0.1) is 0 Å². The highest BCUT2D eigenvalue weighted by Gasteiger charge is 2.46. The molecule has 2 fully saturated rings. The molecule has 0 spiro atoms. The molecule has 154 valence electrons. The fourth-order valence-electron chi connectivity index (χ4n) is 3.59. The standard InChI is InChI=1S/C22H21N3O5/c1-30-22(29)16-6-8-17(9-7-16)25-19(26)11-18(21(25)28)24(20(27)15-4-5-15)13-14-3-2-10-23-12-14/h2-3,6-10,12,15,18H,4-5,11,13H2,1H3. The quantitative estimate of drug-likeness (QED) is 0.536. The minimum Gasteiger partial charge on any atom is -0.465 e. The van der Waals surface area contributed by atoms with Gasteiger partial charge in [0.15, 0.2) is 0 Å². The third-order valence-electron chi connectivity index (χ3n) is 5.33. The number of carbonyl (C=O) groups is 4. The number of hydrogen-bond donors (Lipinski definition) is 0. The van der Waals surface area contributed by atoms with Crippen LogP contribution in [0.5, 0.6) is 0 Å². The van der Waals surface area contributed by atoms with Gasteiger partial charge in [0.2, 0.25) is 11.8 Å². The Morgan fingerprint density at radius 3 is 2.50 bits per heavy atom. The van der Waals surface area contributed by atoms with Gasteiger partial charge in [0.1, 0.15) is 6.04 Å². The molecule has 1 aliphatic heterocycles. The maximum Gasteiger partial charge on any atom is 0.337 e. The van der Waals surface area contributed by atoms with E-state index in [0.29, 0.717) is 11.3 Å². The number of hydrogen-bond acceptors (Lipinski definition) is 6. The fourth-order valence-corrected chi connectivity index (χ4v) is 3.59. The minimum atomic E-state index is -0.855. The highest BCUT2D eigenvalue weighted by atomic mass is 16.5. The maximum atomic E-state index is 13.2. The lowest BCUT2D eigenvalue weighted by Crippen LogP contribution is -2.45. The molecule has 1 aromatic carbocycles. The summed E-state index contributed by atoms with van der Waals surface area (Å²) >= 11 is 0. The van der Waals surface area contributed by atoms with E-state index in [0.717, 1.165) is 23.3 Å². The number of nitrogens with zero attached hydrogens (tertiary/aromatic N) is 3. The number of anilines is 1. The van der Waals surface area contributed by atoms with Crippen LogP contribution in [-0.2, 0) is 25.7 Å². The van der Waals surface area contributed by atoms with Crippen molar-refractivity contribution in [2.24, 2.45) is 5.92 Å². The molecule has 1 atom stereocenters. The second kappa shape index (κ2) is 8.06. The van der Waals surface area contributed by atoms with Gasteiger partial charge in [-0.2, -0.15) is 0 Å². The molecule has 1 aliphatic carbocycles. The first-order valence-corrected chi connectivity index (χ1v) is 9.74. The molecule has 0 radical (unpaired) electrons. The Kier molecular flexibility index (Phi) is 5.31. The topological polar surface area (TPSA) is 96.9 Å². The van der Waals surface area contributed by atoms with Gasteiger partial charge in [-0.25, -0.2) is 9.69 Å². The highest BCUT2D eigenvalue weighted by molar-refractivity contribution is 6.23. The Morgan fingerprint density at radius 2 is 1.90 bits per heavy atom. The predicted molar refractivity (Wildman–Crippen MR) is 106 cm³/mol. The fraction of sp³-hybridized carbons (Fsp3) is 0.318. The van der Waals surface area contributed by atoms with Gasteiger partial charge >= 0.3 is 5.97 Å². The molecular formula is C22H21N3O5. The van der Waals surface area contributed by atoms with Crippen molar-refractivity contribution in [3.63, 3.8) is 0 Å². The average molecular weight is 407 g/mol. The summed E-state index contributed by atoms with van der Waals surface area (Å²) in [6, 6.07) is 8.80. The lowest BCUT2D eigenvalue weighted by atomic mass is 10.1. The van der Waals surface area contributed by atoms with E-state index in [1.165, 1.54) is 36.3 Å². The van der Waals surface area contributed by atoms with Crippen molar-refractivity contribution >= 4 is 29.4 Å². The third kappa shape index (κ3) is 3.80. The lowest BCUT2D eigenvalue weighted by Gasteiger charge is -2.28. The molecule has 0 bridgehead atoms. The Morgan fingerprint density at radius 1 is 1.17 bits per heavy atom. The van der Waals surface area contributed by atoms with Crippen LogP contribution in [0.15, 0.2) is 48.8 Å². The van der Waals surface area contributed by atoms with E-state index in [1.807, 2.05) is 6.07 Å². The van der Waals surface area contributed by atoms with Crippen LogP contribution in [0.4, 0.5) is 5.69 Å². The molecule has 8 nitrogen and oxygen atoms in total. The van der Waals surface area contributed by atoms with Crippen LogP contribution < -0.4 is 4.90 Å². The molecule has 1 saturated carbocycles. The van der Waals surface area contributed by atoms with Gasteiger partial charge < -0.3 is 9.64 Å². The number of benzene rings is 1. The predicted octanol–water partition coefficient (Wildman–Crippen LogP) is 1.94. The van der Waals surface area contributed by atoms with E-state index in [4.69, 9.17) is 0 Å². The van der Waals surface area contributed by atoms with E-state index in [2.05, 4.69) is 9.72 Å². The average Bonchev–Trinajstić information content (AvgIpc) is 3.57. The first kappa shape index (κ1) is 19.8. The van der Waals surface area contributed by atoms with Crippen LogP contribution in [0.25, 0.3) is 0 Å². The summed E-state index contributed by atoms with van der Waals surface area (Å²) in [6.45, 7) is 0.224. The highest BCUT2D eigenvalue weighted by Crippen LogP contribution is 2.34. The van der Waals surface area contributed by atoms with Gasteiger partial charge in [0.25, 0.3) is 5.91 Å². The molecule has 1 unspecified atom stereocenters. The number of ether oxygens (including phenoxy) is 1. The van der Waals surface area contributed by atoms with E-state index < -0.39 is 17.9 Å². The maximum absolute atomic E-state index is 13.2. The molecule has 3 amide bonds. The van der Waals surface area contributed by atoms with Crippen LogP contribution in [0.1, 0.15) is 35.2 Å². The van der Waals surface area contributed by atoms with Crippen molar-refractivity contribution in [2.75, 3.05) is 12.0 Å². The van der Waals surface area contributed by atoms with E-state index in [-0.39, 0.29) is 30.7 Å². The van der Waals surface area contributed by atoms with Crippen molar-refractivity contribution in [1.82, 2.24) is 9.88 Å². The van der Waals surface area contributed by atoms with Gasteiger partial charge in [0, 0.05) is 24.9 Å². The largest absolute Gasteiger partial charge is 0.465 e.